The fourth-order valence-electron chi connectivity index (χ4n) is 1.42. The lowest BCUT2D eigenvalue weighted by Crippen LogP contribution is -2.03. The lowest BCUT2D eigenvalue weighted by molar-refractivity contribution is 0.102. The molecule has 0 aliphatic rings. The number of ether oxygens (including phenoxy) is 1. The summed E-state index contributed by atoms with van der Waals surface area (Å²) in [7, 11) is 1.53. The third-order valence-electron chi connectivity index (χ3n) is 2.36. The molecule has 0 aliphatic heterocycles. The zero-order chi connectivity index (χ0) is 13.7. The Bertz CT molecular complexity index is 578. The summed E-state index contributed by atoms with van der Waals surface area (Å²) in [5.41, 5.74) is 0.558. The number of Topliss-reactive ketones (excluding diaryl/α,β-unsaturated/α-hetero) is 1. The first-order valence-electron chi connectivity index (χ1n) is 5.46. The molecule has 0 unspecified atom stereocenters. The highest BCUT2D eigenvalue weighted by molar-refractivity contribution is 7.99. The highest BCUT2D eigenvalue weighted by Gasteiger charge is 2.10. The van der Waals surface area contributed by atoms with Crippen molar-refractivity contribution in [1.82, 2.24) is 9.97 Å². The van der Waals surface area contributed by atoms with E-state index in [1.807, 2.05) is 0 Å². The normalized spacial score (nSPS) is 10.2. The van der Waals surface area contributed by atoms with Crippen LogP contribution in [0.4, 0.5) is 0 Å². The van der Waals surface area contributed by atoms with E-state index in [4.69, 9.17) is 16.3 Å². The molecule has 1 heterocycles. The average Bonchev–Trinajstić information content (AvgIpc) is 2.45. The molecule has 2 aromatic rings. The van der Waals surface area contributed by atoms with Crippen LogP contribution in [0, 0.1) is 0 Å². The summed E-state index contributed by atoms with van der Waals surface area (Å²) in [6.45, 7) is 0. The molecule has 1 aromatic heterocycles. The molecule has 19 heavy (non-hydrogen) atoms. The molecule has 0 aliphatic carbocycles. The van der Waals surface area contributed by atoms with Crippen LogP contribution in [0.1, 0.15) is 10.4 Å². The fraction of sp³-hybridized carbons (Fsp3) is 0.154. The van der Waals surface area contributed by atoms with Crippen molar-refractivity contribution in [1.29, 1.82) is 0 Å². The van der Waals surface area contributed by atoms with Crippen LogP contribution in [0.2, 0.25) is 5.02 Å². The van der Waals surface area contributed by atoms with Crippen LogP contribution in [0.5, 0.6) is 5.75 Å². The first-order chi connectivity index (χ1) is 9.20. The van der Waals surface area contributed by atoms with Crippen LogP contribution in [0.3, 0.4) is 0 Å². The highest BCUT2D eigenvalue weighted by Crippen LogP contribution is 2.26. The minimum absolute atomic E-state index is 0.0137. The zero-order valence-corrected chi connectivity index (χ0v) is 11.7. The number of aromatic nitrogens is 2. The van der Waals surface area contributed by atoms with Gasteiger partial charge in [-0.2, -0.15) is 0 Å². The van der Waals surface area contributed by atoms with Crippen LogP contribution in [-0.4, -0.2) is 28.6 Å². The Hall–Kier alpha value is -1.59. The van der Waals surface area contributed by atoms with Gasteiger partial charge < -0.3 is 4.74 Å². The molecule has 0 atom stereocenters. The number of nitrogens with zero attached hydrogens (tertiary/aromatic N) is 2. The fourth-order valence-corrected chi connectivity index (χ4v) is 2.40. The Morgan fingerprint density at radius 3 is 2.89 bits per heavy atom. The van der Waals surface area contributed by atoms with E-state index < -0.39 is 0 Å². The van der Waals surface area contributed by atoms with Crippen molar-refractivity contribution in [3.63, 3.8) is 0 Å². The summed E-state index contributed by atoms with van der Waals surface area (Å²) < 4.78 is 5.04. The van der Waals surface area contributed by atoms with Crippen LogP contribution >= 0.6 is 23.4 Å². The molecule has 0 saturated heterocycles. The monoisotopic (exact) mass is 294 g/mol. The molecule has 0 bridgehead atoms. The maximum absolute atomic E-state index is 12.0. The van der Waals surface area contributed by atoms with Gasteiger partial charge in [-0.05, 0) is 18.2 Å². The smallest absolute Gasteiger partial charge is 0.173 e. The van der Waals surface area contributed by atoms with Gasteiger partial charge in [0.2, 0.25) is 0 Å². The number of carbonyl (C=O) groups is 1. The van der Waals surface area contributed by atoms with E-state index in [-0.39, 0.29) is 5.78 Å². The molecule has 0 radical (unpaired) electrons. The molecule has 0 fully saturated rings. The first-order valence-corrected chi connectivity index (χ1v) is 6.82. The van der Waals surface area contributed by atoms with Crippen molar-refractivity contribution in [3.05, 3.63) is 47.4 Å². The number of carbonyl (C=O) groups excluding carboxylic acids is 1. The molecule has 6 heteroatoms. The van der Waals surface area contributed by atoms with Crippen molar-refractivity contribution in [2.45, 2.75) is 5.03 Å². The Morgan fingerprint density at radius 1 is 1.42 bits per heavy atom. The maximum atomic E-state index is 12.0. The molecular weight excluding hydrogens is 284 g/mol. The number of halogens is 1. The minimum Gasteiger partial charge on any atom is -0.495 e. The van der Waals surface area contributed by atoms with Crippen LogP contribution < -0.4 is 4.74 Å². The molecule has 0 spiro atoms. The van der Waals surface area contributed by atoms with E-state index in [9.17, 15) is 4.79 Å². The van der Waals surface area contributed by atoms with E-state index in [1.165, 1.54) is 18.9 Å². The number of thioether (sulfide) groups is 1. The standard InChI is InChI=1S/C13H11ClN2O2S/c1-18-12-3-2-9(6-10(12)14)11(17)8-19-13-7-15-4-5-16-13/h2-7H,8H2,1H3. The van der Waals surface area contributed by atoms with Crippen LogP contribution in [0.15, 0.2) is 41.8 Å². The largest absolute Gasteiger partial charge is 0.495 e. The molecule has 0 amide bonds. The van der Waals surface area contributed by atoms with E-state index in [1.54, 1.807) is 36.8 Å². The molecule has 0 N–H and O–H groups in total. The van der Waals surface area contributed by atoms with Gasteiger partial charge in [-0.15, -0.1) is 0 Å². The van der Waals surface area contributed by atoms with Crippen molar-refractivity contribution >= 4 is 29.1 Å². The van der Waals surface area contributed by atoms with E-state index in [0.29, 0.717) is 22.1 Å². The zero-order valence-electron chi connectivity index (χ0n) is 10.2. The second-order valence-electron chi connectivity index (χ2n) is 3.60. The lowest BCUT2D eigenvalue weighted by atomic mass is 10.1. The SMILES string of the molecule is COc1ccc(C(=O)CSc2cnccn2)cc1Cl. The topological polar surface area (TPSA) is 52.1 Å². The van der Waals surface area contributed by atoms with Gasteiger partial charge >= 0.3 is 0 Å². The third kappa shape index (κ3) is 3.68. The predicted octanol–water partition coefficient (Wildman–Crippen LogP) is 3.11. The van der Waals surface area contributed by atoms with Crippen LogP contribution in [-0.2, 0) is 0 Å². The van der Waals surface area contributed by atoms with Crippen molar-refractivity contribution in [2.75, 3.05) is 12.9 Å². The van der Waals surface area contributed by atoms with Crippen LogP contribution in [0.25, 0.3) is 0 Å². The minimum atomic E-state index is -0.0137. The number of hydrogen-bond donors (Lipinski definition) is 0. The number of benzene rings is 1. The quantitative estimate of drug-likeness (QED) is 0.626. The molecule has 1 aromatic carbocycles. The molecule has 0 saturated carbocycles. The second-order valence-corrected chi connectivity index (χ2v) is 5.01. The summed E-state index contributed by atoms with van der Waals surface area (Å²) in [6.07, 6.45) is 4.81. The molecule has 2 rings (SSSR count). The molecule has 4 nitrogen and oxygen atoms in total. The van der Waals surface area contributed by atoms with Gasteiger partial charge in [-0.3, -0.25) is 9.78 Å². The van der Waals surface area contributed by atoms with Crippen molar-refractivity contribution in [3.8, 4) is 5.75 Å². The van der Waals surface area contributed by atoms with Gasteiger partial charge in [0.15, 0.2) is 5.78 Å². The Labute approximate surface area is 120 Å². The first kappa shape index (κ1) is 13.8. The maximum Gasteiger partial charge on any atom is 0.173 e. The predicted molar refractivity (Wildman–Crippen MR) is 75.1 cm³/mol. The van der Waals surface area contributed by atoms with Gasteiger partial charge in [0.25, 0.3) is 0 Å². The Kier molecular flexibility index (Phi) is 4.76. The summed E-state index contributed by atoms with van der Waals surface area (Å²) in [6, 6.07) is 4.99. The van der Waals surface area contributed by atoms with Gasteiger partial charge in [-0.25, -0.2) is 4.98 Å². The molecular formula is C13H11ClN2O2S. The van der Waals surface area contributed by atoms with Crippen molar-refractivity contribution < 1.29 is 9.53 Å². The van der Waals surface area contributed by atoms with Gasteiger partial charge in [0, 0.05) is 18.0 Å². The highest BCUT2D eigenvalue weighted by atomic mass is 35.5. The average molecular weight is 295 g/mol. The van der Waals surface area contributed by atoms with Gasteiger partial charge in [0.05, 0.1) is 24.1 Å². The summed E-state index contributed by atoms with van der Waals surface area (Å²) in [4.78, 5) is 20.0. The van der Waals surface area contributed by atoms with E-state index in [2.05, 4.69) is 9.97 Å². The lowest BCUT2D eigenvalue weighted by Gasteiger charge is -2.05. The van der Waals surface area contributed by atoms with E-state index >= 15 is 0 Å². The summed E-state index contributed by atoms with van der Waals surface area (Å²) in [5, 5.41) is 1.15. The molecule has 98 valence electrons. The second kappa shape index (κ2) is 6.54. The van der Waals surface area contributed by atoms with Gasteiger partial charge in [-0.1, -0.05) is 23.4 Å². The number of rotatable bonds is 5. The number of hydrogen-bond acceptors (Lipinski definition) is 5. The van der Waals surface area contributed by atoms with Gasteiger partial charge in [0.1, 0.15) is 10.8 Å². The third-order valence-corrected chi connectivity index (χ3v) is 3.57. The number of methoxy groups -OCH3 is 1. The van der Waals surface area contributed by atoms with E-state index in [0.717, 1.165) is 5.03 Å². The van der Waals surface area contributed by atoms with Crippen molar-refractivity contribution in [2.24, 2.45) is 0 Å². The number of ketones is 1. The Balaban J connectivity index is 2.02. The summed E-state index contributed by atoms with van der Waals surface area (Å²) >= 11 is 7.33. The Morgan fingerprint density at radius 2 is 2.26 bits per heavy atom. The summed E-state index contributed by atoms with van der Waals surface area (Å²) in [5.74, 6) is 0.835.